The molecule has 0 radical (unpaired) electrons. The quantitative estimate of drug-likeness (QED) is 0.879. The van der Waals surface area contributed by atoms with E-state index in [-0.39, 0.29) is 11.5 Å². The van der Waals surface area contributed by atoms with Crippen LogP contribution in [0.25, 0.3) is 0 Å². The molecule has 1 N–H and O–H groups in total. The van der Waals surface area contributed by atoms with E-state index in [4.69, 9.17) is 4.42 Å². The maximum Gasteiger partial charge on any atom is 0.255 e. The van der Waals surface area contributed by atoms with Gasteiger partial charge in [0.25, 0.3) is 5.91 Å². The molecule has 0 aliphatic carbocycles. The molecule has 106 valence electrons. The zero-order valence-corrected chi connectivity index (χ0v) is 11.5. The number of hydrogen-bond acceptors (Lipinski definition) is 3. The molecule has 0 aromatic carbocycles. The van der Waals surface area contributed by atoms with Gasteiger partial charge in [-0.15, -0.1) is 0 Å². The van der Waals surface area contributed by atoms with Gasteiger partial charge in [-0.1, -0.05) is 13.3 Å². The lowest BCUT2D eigenvalue weighted by atomic mass is 10.2. The maximum absolute atomic E-state index is 12.5. The molecule has 0 spiro atoms. The Morgan fingerprint density at radius 3 is 2.80 bits per heavy atom. The SMILES string of the molecule is CCCCN(Cc1ccco1)C(=O)c1ccc(=O)[nH]c1. The number of carbonyl (C=O) groups is 1. The molecule has 0 atom stereocenters. The lowest BCUT2D eigenvalue weighted by Crippen LogP contribution is -2.31. The van der Waals surface area contributed by atoms with Crippen LogP contribution < -0.4 is 5.56 Å². The van der Waals surface area contributed by atoms with Crippen LogP contribution in [-0.4, -0.2) is 22.3 Å². The maximum atomic E-state index is 12.5. The minimum absolute atomic E-state index is 0.105. The zero-order valence-electron chi connectivity index (χ0n) is 11.5. The molecule has 2 heterocycles. The summed E-state index contributed by atoms with van der Waals surface area (Å²) >= 11 is 0. The van der Waals surface area contributed by atoms with Crippen LogP contribution in [0.15, 0.2) is 45.9 Å². The number of amides is 1. The molecule has 0 aliphatic rings. The lowest BCUT2D eigenvalue weighted by molar-refractivity contribution is 0.0728. The Kier molecular flexibility index (Phi) is 4.76. The summed E-state index contributed by atoms with van der Waals surface area (Å²) in [4.78, 5) is 27.8. The molecular formula is C15H18N2O3. The van der Waals surface area contributed by atoms with Gasteiger partial charge in [-0.25, -0.2) is 0 Å². The summed E-state index contributed by atoms with van der Waals surface area (Å²) in [7, 11) is 0. The summed E-state index contributed by atoms with van der Waals surface area (Å²) in [6, 6.07) is 6.55. The van der Waals surface area contributed by atoms with Gasteiger partial charge < -0.3 is 14.3 Å². The minimum Gasteiger partial charge on any atom is -0.467 e. The van der Waals surface area contributed by atoms with Gasteiger partial charge in [-0.05, 0) is 24.6 Å². The second-order valence-corrected chi connectivity index (χ2v) is 4.60. The standard InChI is InChI=1S/C15H18N2O3/c1-2-3-8-17(11-13-5-4-9-20-13)15(19)12-6-7-14(18)16-10-12/h4-7,9-10H,2-3,8,11H2,1H3,(H,16,18). The summed E-state index contributed by atoms with van der Waals surface area (Å²) in [5.41, 5.74) is 0.264. The number of unbranched alkanes of at least 4 members (excludes halogenated alkanes) is 1. The highest BCUT2D eigenvalue weighted by molar-refractivity contribution is 5.93. The number of aromatic amines is 1. The Bertz CT molecular complexity index is 581. The van der Waals surface area contributed by atoms with Gasteiger partial charge in [-0.2, -0.15) is 0 Å². The Labute approximate surface area is 117 Å². The van der Waals surface area contributed by atoms with Crippen LogP contribution in [0.3, 0.4) is 0 Å². The number of H-pyrrole nitrogens is 1. The summed E-state index contributed by atoms with van der Waals surface area (Å²) in [6.07, 6.45) is 4.98. The third-order valence-electron chi connectivity index (χ3n) is 3.03. The monoisotopic (exact) mass is 274 g/mol. The minimum atomic E-state index is -0.215. The van der Waals surface area contributed by atoms with Gasteiger partial charge in [0, 0.05) is 18.8 Å². The predicted molar refractivity (Wildman–Crippen MR) is 75.4 cm³/mol. The van der Waals surface area contributed by atoms with Crippen LogP contribution >= 0.6 is 0 Å². The first-order valence-electron chi connectivity index (χ1n) is 6.71. The lowest BCUT2D eigenvalue weighted by Gasteiger charge is -2.21. The van der Waals surface area contributed by atoms with E-state index in [0.717, 1.165) is 18.6 Å². The van der Waals surface area contributed by atoms with Crippen LogP contribution in [0.5, 0.6) is 0 Å². The molecular weight excluding hydrogens is 256 g/mol. The third kappa shape index (κ3) is 3.60. The number of hydrogen-bond donors (Lipinski definition) is 1. The third-order valence-corrected chi connectivity index (χ3v) is 3.03. The van der Waals surface area contributed by atoms with Gasteiger partial charge in [0.15, 0.2) is 0 Å². The van der Waals surface area contributed by atoms with Crippen LogP contribution in [0.4, 0.5) is 0 Å². The van der Waals surface area contributed by atoms with E-state index in [1.807, 2.05) is 6.07 Å². The van der Waals surface area contributed by atoms with Crippen molar-refractivity contribution in [3.8, 4) is 0 Å². The van der Waals surface area contributed by atoms with E-state index < -0.39 is 0 Å². The molecule has 0 aliphatic heterocycles. The second-order valence-electron chi connectivity index (χ2n) is 4.60. The highest BCUT2D eigenvalue weighted by Crippen LogP contribution is 2.10. The van der Waals surface area contributed by atoms with Crippen LogP contribution in [0.2, 0.25) is 0 Å². The van der Waals surface area contributed by atoms with Crippen molar-refractivity contribution in [3.63, 3.8) is 0 Å². The smallest absolute Gasteiger partial charge is 0.255 e. The van der Waals surface area contributed by atoms with E-state index in [2.05, 4.69) is 11.9 Å². The van der Waals surface area contributed by atoms with Crippen LogP contribution in [-0.2, 0) is 6.54 Å². The first-order valence-corrected chi connectivity index (χ1v) is 6.71. The Hall–Kier alpha value is -2.30. The summed E-state index contributed by atoms with van der Waals surface area (Å²) in [5.74, 6) is 0.643. The fraction of sp³-hybridized carbons (Fsp3) is 0.333. The van der Waals surface area contributed by atoms with E-state index in [1.165, 1.54) is 12.3 Å². The van der Waals surface area contributed by atoms with Gasteiger partial charge in [0.05, 0.1) is 18.4 Å². The van der Waals surface area contributed by atoms with Crippen LogP contribution in [0, 0.1) is 0 Å². The van der Waals surface area contributed by atoms with Crippen molar-refractivity contribution < 1.29 is 9.21 Å². The molecule has 5 heteroatoms. The Morgan fingerprint density at radius 1 is 1.35 bits per heavy atom. The number of aromatic nitrogens is 1. The largest absolute Gasteiger partial charge is 0.467 e. The fourth-order valence-electron chi connectivity index (χ4n) is 1.92. The zero-order chi connectivity index (χ0) is 14.4. The Balaban J connectivity index is 2.14. The highest BCUT2D eigenvalue weighted by atomic mass is 16.3. The topological polar surface area (TPSA) is 66.3 Å². The van der Waals surface area contributed by atoms with Gasteiger partial charge in [0.2, 0.25) is 5.56 Å². The number of carbonyl (C=O) groups excluding carboxylic acids is 1. The number of furan rings is 1. The molecule has 1 amide bonds. The molecule has 0 bridgehead atoms. The normalized spacial score (nSPS) is 10.4. The van der Waals surface area contributed by atoms with Gasteiger partial charge in [0.1, 0.15) is 5.76 Å². The number of rotatable bonds is 6. The highest BCUT2D eigenvalue weighted by Gasteiger charge is 2.16. The van der Waals surface area contributed by atoms with Crippen molar-refractivity contribution in [3.05, 3.63) is 58.4 Å². The van der Waals surface area contributed by atoms with Crippen molar-refractivity contribution in [2.75, 3.05) is 6.54 Å². The second kappa shape index (κ2) is 6.75. The molecule has 2 aromatic rings. The van der Waals surface area contributed by atoms with Crippen LogP contribution in [0.1, 0.15) is 35.9 Å². The molecule has 0 unspecified atom stereocenters. The first-order chi connectivity index (χ1) is 9.70. The summed E-state index contributed by atoms with van der Waals surface area (Å²) in [5, 5.41) is 0. The molecule has 20 heavy (non-hydrogen) atoms. The number of pyridine rings is 1. The fourth-order valence-corrected chi connectivity index (χ4v) is 1.92. The van der Waals surface area contributed by atoms with E-state index in [9.17, 15) is 9.59 Å². The van der Waals surface area contributed by atoms with Crippen molar-refractivity contribution >= 4 is 5.91 Å². The molecule has 5 nitrogen and oxygen atoms in total. The van der Waals surface area contributed by atoms with Crippen molar-refractivity contribution in [1.29, 1.82) is 0 Å². The molecule has 0 saturated carbocycles. The van der Waals surface area contributed by atoms with Crippen molar-refractivity contribution in [1.82, 2.24) is 9.88 Å². The van der Waals surface area contributed by atoms with E-state index in [1.54, 1.807) is 23.3 Å². The molecule has 0 fully saturated rings. The first kappa shape index (κ1) is 14.1. The molecule has 0 saturated heterocycles. The predicted octanol–water partition coefficient (Wildman–Crippen LogP) is 2.41. The molecule has 2 aromatic heterocycles. The van der Waals surface area contributed by atoms with Crippen molar-refractivity contribution in [2.24, 2.45) is 0 Å². The average molecular weight is 274 g/mol. The summed E-state index contributed by atoms with van der Waals surface area (Å²) in [6.45, 7) is 3.18. The summed E-state index contributed by atoms with van der Waals surface area (Å²) < 4.78 is 5.30. The Morgan fingerprint density at radius 2 is 2.20 bits per heavy atom. The number of nitrogens with one attached hydrogen (secondary N) is 1. The average Bonchev–Trinajstić information content (AvgIpc) is 2.96. The number of nitrogens with zero attached hydrogens (tertiary/aromatic N) is 1. The van der Waals surface area contributed by atoms with Crippen molar-refractivity contribution in [2.45, 2.75) is 26.3 Å². The van der Waals surface area contributed by atoms with E-state index in [0.29, 0.717) is 18.7 Å². The van der Waals surface area contributed by atoms with E-state index >= 15 is 0 Å². The van der Waals surface area contributed by atoms with Gasteiger partial charge in [-0.3, -0.25) is 9.59 Å². The molecule has 2 rings (SSSR count). The van der Waals surface area contributed by atoms with Gasteiger partial charge >= 0.3 is 0 Å².